The van der Waals surface area contributed by atoms with E-state index in [1.165, 1.54) is 18.4 Å². The van der Waals surface area contributed by atoms with Crippen LogP contribution in [0, 0.1) is 5.92 Å². The summed E-state index contributed by atoms with van der Waals surface area (Å²) in [7, 11) is 0. The molecule has 1 aromatic rings. The molecule has 0 amide bonds. The van der Waals surface area contributed by atoms with Gasteiger partial charge in [0.05, 0.1) is 12.2 Å². The molecule has 0 spiro atoms. The lowest BCUT2D eigenvalue weighted by Gasteiger charge is -2.19. The molecule has 0 radical (unpaired) electrons. The molecule has 1 fully saturated rings. The van der Waals surface area contributed by atoms with Gasteiger partial charge in [0.25, 0.3) is 0 Å². The highest BCUT2D eigenvalue weighted by molar-refractivity contribution is 9.10. The van der Waals surface area contributed by atoms with Gasteiger partial charge in [-0.25, -0.2) is 0 Å². The number of hydrogen-bond donors (Lipinski definition) is 1. The first-order valence-electron chi connectivity index (χ1n) is 6.77. The average Bonchev–Trinajstić information content (AvgIpc) is 2.77. The largest absolute Gasteiger partial charge is 0.375 e. The molecule has 1 heterocycles. The third-order valence-electron chi connectivity index (χ3n) is 3.69. The number of nitrogens with two attached hydrogens (primary N) is 1. The lowest BCUT2D eigenvalue weighted by molar-refractivity contribution is 0.0415. The van der Waals surface area contributed by atoms with Gasteiger partial charge in [0, 0.05) is 4.47 Å². The second-order valence-corrected chi connectivity index (χ2v) is 6.23. The van der Waals surface area contributed by atoms with E-state index >= 15 is 0 Å². The van der Waals surface area contributed by atoms with Gasteiger partial charge in [-0.2, -0.15) is 0 Å². The highest BCUT2D eigenvalue weighted by Crippen LogP contribution is 2.26. The van der Waals surface area contributed by atoms with Crippen molar-refractivity contribution in [1.82, 2.24) is 0 Å². The quantitative estimate of drug-likeness (QED) is 0.903. The number of ether oxygens (including phenoxy) is 1. The fraction of sp³-hybridized carbons (Fsp3) is 0.600. The summed E-state index contributed by atoms with van der Waals surface area (Å²) < 4.78 is 7.02. The average molecular weight is 312 g/mol. The molecule has 2 N–H and O–H groups in total. The first kappa shape index (κ1) is 14.0. The Kier molecular flexibility index (Phi) is 5.22. The first-order valence-corrected chi connectivity index (χ1v) is 7.56. The summed E-state index contributed by atoms with van der Waals surface area (Å²) in [5.41, 5.74) is 7.26. The Labute approximate surface area is 118 Å². The van der Waals surface area contributed by atoms with Gasteiger partial charge in [-0.1, -0.05) is 28.1 Å². The summed E-state index contributed by atoms with van der Waals surface area (Å²) in [6, 6.07) is 8.53. The smallest absolute Gasteiger partial charge is 0.0583 e. The van der Waals surface area contributed by atoms with E-state index in [4.69, 9.17) is 10.5 Å². The van der Waals surface area contributed by atoms with E-state index in [-0.39, 0.29) is 0 Å². The molecule has 1 saturated heterocycles. The van der Waals surface area contributed by atoms with Crippen LogP contribution in [0.2, 0.25) is 0 Å². The van der Waals surface area contributed by atoms with Crippen LogP contribution in [-0.2, 0) is 11.2 Å². The molecule has 2 rings (SSSR count). The van der Waals surface area contributed by atoms with Crippen LogP contribution in [0.4, 0.5) is 0 Å². The zero-order chi connectivity index (χ0) is 13.0. The Morgan fingerprint density at radius 2 is 2.06 bits per heavy atom. The third-order valence-corrected chi connectivity index (χ3v) is 4.22. The topological polar surface area (TPSA) is 35.2 Å². The highest BCUT2D eigenvalue weighted by atomic mass is 79.9. The van der Waals surface area contributed by atoms with Gasteiger partial charge in [-0.05, 0) is 62.8 Å². The Morgan fingerprint density at radius 1 is 1.33 bits per heavy atom. The number of hydrogen-bond acceptors (Lipinski definition) is 2. The highest BCUT2D eigenvalue weighted by Gasteiger charge is 2.24. The normalized spacial score (nSPS) is 25.3. The van der Waals surface area contributed by atoms with Crippen LogP contribution in [0.3, 0.4) is 0 Å². The zero-order valence-electron chi connectivity index (χ0n) is 10.9. The SMILES string of the molecule is CC1CCC(CC(CN)Cc2ccc(Br)cc2)O1. The van der Waals surface area contributed by atoms with Crippen molar-refractivity contribution in [2.24, 2.45) is 11.7 Å². The molecule has 18 heavy (non-hydrogen) atoms. The van der Waals surface area contributed by atoms with E-state index in [1.54, 1.807) is 0 Å². The minimum absolute atomic E-state index is 0.420. The predicted molar refractivity (Wildman–Crippen MR) is 78.6 cm³/mol. The fourth-order valence-electron chi connectivity index (χ4n) is 2.65. The second kappa shape index (κ2) is 6.69. The molecular formula is C15H22BrNO. The number of benzene rings is 1. The molecule has 0 aliphatic carbocycles. The summed E-state index contributed by atoms with van der Waals surface area (Å²) in [5, 5.41) is 0. The lowest BCUT2D eigenvalue weighted by Crippen LogP contribution is -2.23. The van der Waals surface area contributed by atoms with Gasteiger partial charge in [0.2, 0.25) is 0 Å². The van der Waals surface area contributed by atoms with E-state index in [9.17, 15) is 0 Å². The summed E-state index contributed by atoms with van der Waals surface area (Å²) >= 11 is 3.46. The van der Waals surface area contributed by atoms with Crippen LogP contribution >= 0.6 is 15.9 Å². The number of halogens is 1. The van der Waals surface area contributed by atoms with E-state index in [2.05, 4.69) is 47.1 Å². The molecule has 1 aliphatic rings. The maximum atomic E-state index is 5.90. The third kappa shape index (κ3) is 4.08. The van der Waals surface area contributed by atoms with Crippen molar-refractivity contribution in [3.63, 3.8) is 0 Å². The van der Waals surface area contributed by atoms with Gasteiger partial charge in [0.1, 0.15) is 0 Å². The maximum Gasteiger partial charge on any atom is 0.0583 e. The second-order valence-electron chi connectivity index (χ2n) is 5.31. The van der Waals surface area contributed by atoms with Crippen LogP contribution in [0.25, 0.3) is 0 Å². The van der Waals surface area contributed by atoms with E-state index < -0.39 is 0 Å². The van der Waals surface area contributed by atoms with Crippen molar-refractivity contribution < 1.29 is 4.74 Å². The van der Waals surface area contributed by atoms with Crippen molar-refractivity contribution in [1.29, 1.82) is 0 Å². The Balaban J connectivity index is 1.87. The van der Waals surface area contributed by atoms with Crippen LogP contribution in [0.15, 0.2) is 28.7 Å². The van der Waals surface area contributed by atoms with Crippen LogP contribution in [0.1, 0.15) is 31.7 Å². The van der Waals surface area contributed by atoms with Gasteiger partial charge < -0.3 is 10.5 Å². The standard InChI is InChI=1S/C15H22BrNO/c1-11-2-7-15(18-11)9-13(10-17)8-12-3-5-14(16)6-4-12/h3-6,11,13,15H,2,7-10,17H2,1H3. The van der Waals surface area contributed by atoms with Crippen LogP contribution in [0.5, 0.6) is 0 Å². The summed E-state index contributed by atoms with van der Waals surface area (Å²) in [4.78, 5) is 0. The Morgan fingerprint density at radius 3 is 2.61 bits per heavy atom. The Hall–Kier alpha value is -0.380. The van der Waals surface area contributed by atoms with Crippen molar-refractivity contribution in [2.75, 3.05) is 6.54 Å². The first-order chi connectivity index (χ1) is 8.67. The van der Waals surface area contributed by atoms with E-state index in [1.807, 2.05) is 0 Å². The molecular weight excluding hydrogens is 290 g/mol. The maximum absolute atomic E-state index is 5.90. The molecule has 3 unspecified atom stereocenters. The van der Waals surface area contributed by atoms with Gasteiger partial charge in [0.15, 0.2) is 0 Å². The molecule has 2 nitrogen and oxygen atoms in total. The van der Waals surface area contributed by atoms with E-state index in [0.29, 0.717) is 18.1 Å². The molecule has 100 valence electrons. The molecule has 0 aromatic heterocycles. The molecule has 1 aliphatic heterocycles. The van der Waals surface area contributed by atoms with Crippen molar-refractivity contribution in [3.05, 3.63) is 34.3 Å². The monoisotopic (exact) mass is 311 g/mol. The molecule has 1 aromatic carbocycles. The lowest BCUT2D eigenvalue weighted by atomic mass is 9.93. The predicted octanol–water partition coefficient (Wildman–Crippen LogP) is 3.52. The minimum atomic E-state index is 0.420. The van der Waals surface area contributed by atoms with Gasteiger partial charge >= 0.3 is 0 Å². The summed E-state index contributed by atoms with van der Waals surface area (Å²) in [6.45, 7) is 2.90. The molecule has 3 atom stereocenters. The van der Waals surface area contributed by atoms with Crippen LogP contribution < -0.4 is 5.73 Å². The fourth-order valence-corrected chi connectivity index (χ4v) is 2.91. The van der Waals surface area contributed by atoms with E-state index in [0.717, 1.165) is 23.9 Å². The summed E-state index contributed by atoms with van der Waals surface area (Å²) in [5.74, 6) is 0.529. The van der Waals surface area contributed by atoms with Gasteiger partial charge in [-0.3, -0.25) is 0 Å². The van der Waals surface area contributed by atoms with Crippen molar-refractivity contribution >= 4 is 15.9 Å². The summed E-state index contributed by atoms with van der Waals surface area (Å²) in [6.07, 6.45) is 5.39. The van der Waals surface area contributed by atoms with Crippen molar-refractivity contribution in [2.45, 2.75) is 44.8 Å². The molecule has 0 bridgehead atoms. The Bertz CT molecular complexity index is 365. The molecule has 0 saturated carbocycles. The minimum Gasteiger partial charge on any atom is -0.375 e. The zero-order valence-corrected chi connectivity index (χ0v) is 12.5. The van der Waals surface area contributed by atoms with Crippen LogP contribution in [-0.4, -0.2) is 18.8 Å². The van der Waals surface area contributed by atoms with Crippen molar-refractivity contribution in [3.8, 4) is 0 Å². The molecule has 3 heteroatoms. The van der Waals surface area contributed by atoms with Gasteiger partial charge in [-0.15, -0.1) is 0 Å². The number of rotatable bonds is 5.